The van der Waals surface area contributed by atoms with Crippen molar-refractivity contribution in [3.63, 3.8) is 0 Å². The first kappa shape index (κ1) is 15.7. The summed E-state index contributed by atoms with van der Waals surface area (Å²) in [7, 11) is 0. The summed E-state index contributed by atoms with van der Waals surface area (Å²) in [5.74, 6) is 0.315. The van der Waals surface area contributed by atoms with E-state index in [9.17, 15) is 9.59 Å². The topological polar surface area (TPSA) is 58.2 Å². The Morgan fingerprint density at radius 1 is 1.13 bits per heavy atom. The Morgan fingerprint density at radius 3 is 2.43 bits per heavy atom. The number of hydrogen-bond acceptors (Lipinski definition) is 3. The number of hydrogen-bond donors (Lipinski definition) is 2. The molecule has 4 nitrogen and oxygen atoms in total. The highest BCUT2D eigenvalue weighted by Gasteiger charge is 2.33. The summed E-state index contributed by atoms with van der Waals surface area (Å²) in [6, 6.07) is 11.9. The molecule has 23 heavy (non-hydrogen) atoms. The summed E-state index contributed by atoms with van der Waals surface area (Å²) < 4.78 is 0. The first-order valence-electron chi connectivity index (χ1n) is 7.78. The van der Waals surface area contributed by atoms with E-state index >= 15 is 0 Å². The van der Waals surface area contributed by atoms with E-state index in [4.69, 9.17) is 0 Å². The second kappa shape index (κ2) is 6.54. The van der Waals surface area contributed by atoms with Crippen LogP contribution >= 0.6 is 11.3 Å². The highest BCUT2D eigenvalue weighted by atomic mass is 32.1. The summed E-state index contributed by atoms with van der Waals surface area (Å²) in [6.45, 7) is 3.52. The fourth-order valence-electron chi connectivity index (χ4n) is 2.59. The average molecular weight is 328 g/mol. The number of amides is 2. The van der Waals surface area contributed by atoms with Crippen LogP contribution in [0, 0.1) is 12.8 Å². The Kier molecular flexibility index (Phi) is 4.48. The van der Waals surface area contributed by atoms with Crippen LogP contribution in [0.25, 0.3) is 0 Å². The second-order valence-corrected chi connectivity index (χ2v) is 7.13. The van der Waals surface area contributed by atoms with E-state index in [1.54, 1.807) is 12.1 Å². The molecule has 1 saturated carbocycles. The molecule has 1 fully saturated rings. The van der Waals surface area contributed by atoms with E-state index in [1.165, 1.54) is 23.8 Å². The van der Waals surface area contributed by atoms with E-state index in [0.717, 1.165) is 18.4 Å². The standard InChI is InChI=1S/C18H20N2O2S/c1-11-3-5-13(6-4-11)17(14-7-8-14)20-18(22)15-9-10-16(23-15)19-12(2)21/h3-6,9-10,14,17H,7-8H2,1-2H3,(H,19,21)(H,20,22)/t17-/m1/s1. The maximum absolute atomic E-state index is 12.5. The first-order valence-corrected chi connectivity index (χ1v) is 8.59. The molecule has 0 aliphatic heterocycles. The highest BCUT2D eigenvalue weighted by molar-refractivity contribution is 7.18. The van der Waals surface area contributed by atoms with Crippen LogP contribution in [0.15, 0.2) is 36.4 Å². The van der Waals surface area contributed by atoms with Gasteiger partial charge in [-0.05, 0) is 43.4 Å². The average Bonchev–Trinajstić information content (AvgIpc) is 3.24. The van der Waals surface area contributed by atoms with E-state index < -0.39 is 0 Å². The van der Waals surface area contributed by atoms with Crippen molar-refractivity contribution in [2.75, 3.05) is 5.32 Å². The summed E-state index contributed by atoms with van der Waals surface area (Å²) in [5.41, 5.74) is 2.37. The lowest BCUT2D eigenvalue weighted by molar-refractivity contribution is -0.114. The van der Waals surface area contributed by atoms with Gasteiger partial charge in [-0.2, -0.15) is 0 Å². The van der Waals surface area contributed by atoms with Gasteiger partial charge in [-0.15, -0.1) is 11.3 Å². The molecular weight excluding hydrogens is 308 g/mol. The zero-order valence-corrected chi connectivity index (χ0v) is 14.1. The SMILES string of the molecule is CC(=O)Nc1ccc(C(=O)N[C@H](c2ccc(C)cc2)C2CC2)s1. The Bertz CT molecular complexity index is 717. The molecule has 120 valence electrons. The number of carbonyl (C=O) groups excluding carboxylic acids is 2. The normalized spacial score (nSPS) is 15.0. The van der Waals surface area contributed by atoms with Crippen molar-refractivity contribution in [1.29, 1.82) is 0 Å². The molecule has 0 saturated heterocycles. The molecule has 2 amide bonds. The summed E-state index contributed by atoms with van der Waals surface area (Å²) >= 11 is 1.30. The van der Waals surface area contributed by atoms with Gasteiger partial charge in [-0.1, -0.05) is 29.8 Å². The van der Waals surface area contributed by atoms with Crippen LogP contribution in [0.2, 0.25) is 0 Å². The van der Waals surface area contributed by atoms with E-state index in [1.807, 2.05) is 0 Å². The smallest absolute Gasteiger partial charge is 0.261 e. The Hall–Kier alpha value is -2.14. The van der Waals surface area contributed by atoms with Crippen LogP contribution < -0.4 is 10.6 Å². The Balaban J connectivity index is 1.72. The molecular formula is C18H20N2O2S. The monoisotopic (exact) mass is 328 g/mol. The van der Waals surface area contributed by atoms with Crippen LogP contribution in [0.4, 0.5) is 5.00 Å². The van der Waals surface area contributed by atoms with Crippen molar-refractivity contribution in [3.05, 3.63) is 52.4 Å². The van der Waals surface area contributed by atoms with Gasteiger partial charge in [0.25, 0.3) is 5.91 Å². The van der Waals surface area contributed by atoms with Gasteiger partial charge < -0.3 is 10.6 Å². The van der Waals surface area contributed by atoms with Gasteiger partial charge in [0.05, 0.1) is 15.9 Å². The maximum atomic E-state index is 12.5. The zero-order valence-electron chi connectivity index (χ0n) is 13.3. The van der Waals surface area contributed by atoms with Crippen LogP contribution in [-0.4, -0.2) is 11.8 Å². The molecule has 1 atom stereocenters. The minimum absolute atomic E-state index is 0.0643. The molecule has 1 heterocycles. The Morgan fingerprint density at radius 2 is 1.83 bits per heavy atom. The van der Waals surface area contributed by atoms with Crippen molar-refractivity contribution in [1.82, 2.24) is 5.32 Å². The third-order valence-corrected chi connectivity index (χ3v) is 4.94. The largest absolute Gasteiger partial charge is 0.344 e. The molecule has 2 N–H and O–H groups in total. The van der Waals surface area contributed by atoms with Crippen molar-refractivity contribution in [2.45, 2.75) is 32.7 Å². The molecule has 0 radical (unpaired) electrons. The molecule has 0 unspecified atom stereocenters. The highest BCUT2D eigenvalue weighted by Crippen LogP contribution is 2.41. The van der Waals surface area contributed by atoms with E-state index in [2.05, 4.69) is 41.8 Å². The molecule has 3 rings (SSSR count). The number of benzene rings is 1. The van der Waals surface area contributed by atoms with Crippen molar-refractivity contribution in [3.8, 4) is 0 Å². The molecule has 1 aromatic carbocycles. The van der Waals surface area contributed by atoms with Crippen LogP contribution in [0.5, 0.6) is 0 Å². The van der Waals surface area contributed by atoms with Crippen LogP contribution in [0.1, 0.15) is 46.6 Å². The number of thiophene rings is 1. The molecule has 1 aliphatic rings. The lowest BCUT2D eigenvalue weighted by Crippen LogP contribution is -2.29. The fourth-order valence-corrected chi connectivity index (χ4v) is 3.45. The maximum Gasteiger partial charge on any atom is 0.261 e. The number of anilines is 1. The number of carbonyl (C=O) groups is 2. The van der Waals surface area contributed by atoms with Gasteiger partial charge in [0.2, 0.25) is 5.91 Å². The molecule has 0 spiro atoms. The summed E-state index contributed by atoms with van der Waals surface area (Å²) in [4.78, 5) is 24.2. The lowest BCUT2D eigenvalue weighted by Gasteiger charge is -2.18. The quantitative estimate of drug-likeness (QED) is 0.874. The molecule has 5 heteroatoms. The first-order chi connectivity index (χ1) is 11.0. The summed E-state index contributed by atoms with van der Waals surface area (Å²) in [6.07, 6.45) is 2.31. The predicted octanol–water partition coefficient (Wildman–Crippen LogP) is 3.90. The minimum Gasteiger partial charge on any atom is -0.344 e. The number of rotatable bonds is 5. The second-order valence-electron chi connectivity index (χ2n) is 6.04. The van der Waals surface area contributed by atoms with Gasteiger partial charge in [-0.25, -0.2) is 0 Å². The van der Waals surface area contributed by atoms with Crippen molar-refractivity contribution >= 4 is 28.2 Å². The fraction of sp³-hybridized carbons (Fsp3) is 0.333. The van der Waals surface area contributed by atoms with Gasteiger partial charge in [0, 0.05) is 6.92 Å². The predicted molar refractivity (Wildman–Crippen MR) is 92.7 cm³/mol. The number of aryl methyl sites for hydroxylation is 1. The molecule has 1 aliphatic carbocycles. The van der Waals surface area contributed by atoms with Gasteiger partial charge in [-0.3, -0.25) is 9.59 Å². The molecule has 1 aromatic heterocycles. The van der Waals surface area contributed by atoms with Crippen LogP contribution in [0.3, 0.4) is 0 Å². The van der Waals surface area contributed by atoms with E-state index in [-0.39, 0.29) is 17.9 Å². The summed E-state index contributed by atoms with van der Waals surface area (Å²) in [5, 5.41) is 6.56. The molecule has 0 bridgehead atoms. The zero-order chi connectivity index (χ0) is 16.4. The van der Waals surface area contributed by atoms with Crippen molar-refractivity contribution < 1.29 is 9.59 Å². The third-order valence-electron chi connectivity index (χ3n) is 3.95. The lowest BCUT2D eigenvalue weighted by atomic mass is 10.0. The Labute approximate surface area is 139 Å². The van der Waals surface area contributed by atoms with Crippen molar-refractivity contribution in [2.24, 2.45) is 5.92 Å². The molecule has 2 aromatic rings. The van der Waals surface area contributed by atoms with Crippen LogP contribution in [-0.2, 0) is 4.79 Å². The third kappa shape index (κ3) is 3.99. The van der Waals surface area contributed by atoms with Gasteiger partial charge in [0.15, 0.2) is 0 Å². The number of nitrogens with one attached hydrogen (secondary N) is 2. The van der Waals surface area contributed by atoms with Gasteiger partial charge in [0.1, 0.15) is 0 Å². The minimum atomic E-state index is -0.130. The van der Waals surface area contributed by atoms with Gasteiger partial charge >= 0.3 is 0 Å². The van der Waals surface area contributed by atoms with E-state index in [0.29, 0.717) is 15.8 Å².